The van der Waals surface area contributed by atoms with Crippen LogP contribution in [-0.4, -0.2) is 9.97 Å². The lowest BCUT2D eigenvalue weighted by molar-refractivity contribution is 0.631. The van der Waals surface area contributed by atoms with Crippen molar-refractivity contribution in [3.8, 4) is 11.3 Å². The van der Waals surface area contributed by atoms with Gasteiger partial charge in [0.25, 0.3) is 0 Å². The van der Waals surface area contributed by atoms with Gasteiger partial charge in [0.05, 0.1) is 0 Å². The molecule has 5 heteroatoms. The number of rotatable bonds is 1. The highest BCUT2D eigenvalue weighted by Gasteiger charge is 2.12. The summed E-state index contributed by atoms with van der Waals surface area (Å²) >= 11 is 9.09. The lowest BCUT2D eigenvalue weighted by atomic mass is 10.1. The third-order valence-corrected chi connectivity index (χ3v) is 2.77. The molecule has 1 N–H and O–H groups in total. The molecule has 0 unspecified atom stereocenters. The molecule has 0 amide bonds. The van der Waals surface area contributed by atoms with Gasteiger partial charge in [0.1, 0.15) is 21.9 Å². The number of halogens is 3. The number of H-pyrrole nitrogens is 1. The summed E-state index contributed by atoms with van der Waals surface area (Å²) in [5.74, 6) is 0.378. The quantitative estimate of drug-likeness (QED) is 0.846. The lowest BCUT2D eigenvalue weighted by Crippen LogP contribution is -1.85. The van der Waals surface area contributed by atoms with E-state index in [1.165, 1.54) is 12.1 Å². The third-order valence-electron chi connectivity index (χ3n) is 1.96. The Hall–Kier alpha value is -0.870. The van der Waals surface area contributed by atoms with Gasteiger partial charge in [0.2, 0.25) is 0 Å². The fraction of sp³-hybridized carbons (Fsp3) is 0.100. The molecule has 0 saturated carbocycles. The van der Waals surface area contributed by atoms with Crippen LogP contribution in [-0.2, 0) is 0 Å². The smallest absolute Gasteiger partial charge is 0.132 e. The molecule has 0 spiro atoms. The molecule has 0 saturated heterocycles. The van der Waals surface area contributed by atoms with Crippen LogP contribution < -0.4 is 0 Å². The lowest BCUT2D eigenvalue weighted by Gasteiger charge is -2.00. The molecule has 1 heterocycles. The molecule has 1 aromatic heterocycles. The zero-order valence-corrected chi connectivity index (χ0v) is 10.2. The highest BCUT2D eigenvalue weighted by atomic mass is 79.9. The first-order valence-corrected chi connectivity index (χ1v) is 5.42. The second kappa shape index (κ2) is 3.94. The van der Waals surface area contributed by atoms with Crippen molar-refractivity contribution in [2.24, 2.45) is 0 Å². The van der Waals surface area contributed by atoms with E-state index in [1.54, 1.807) is 13.0 Å². The minimum absolute atomic E-state index is 0.341. The molecular formula is C10H7BrClFN2. The van der Waals surface area contributed by atoms with Crippen molar-refractivity contribution in [1.29, 1.82) is 0 Å². The van der Waals surface area contributed by atoms with Crippen molar-refractivity contribution in [3.63, 3.8) is 0 Å². The summed E-state index contributed by atoms with van der Waals surface area (Å²) < 4.78 is 14.2. The summed E-state index contributed by atoms with van der Waals surface area (Å²) in [5.41, 5.74) is 0.922. The van der Waals surface area contributed by atoms with Crippen molar-refractivity contribution in [2.45, 2.75) is 6.92 Å². The Balaban J connectivity index is 2.62. The van der Waals surface area contributed by atoms with Crippen LogP contribution in [0.25, 0.3) is 11.3 Å². The molecule has 2 aromatic rings. The van der Waals surface area contributed by atoms with Gasteiger partial charge in [-0.05, 0) is 41.1 Å². The van der Waals surface area contributed by atoms with Gasteiger partial charge in [-0.15, -0.1) is 0 Å². The molecule has 0 radical (unpaired) electrons. The van der Waals surface area contributed by atoms with Crippen molar-refractivity contribution < 1.29 is 4.39 Å². The number of aromatic amines is 1. The predicted octanol–water partition coefficient (Wildman–Crippen LogP) is 3.94. The average molecular weight is 290 g/mol. The van der Waals surface area contributed by atoms with Crippen LogP contribution in [0.4, 0.5) is 4.39 Å². The van der Waals surface area contributed by atoms with E-state index in [0.29, 0.717) is 20.9 Å². The summed E-state index contributed by atoms with van der Waals surface area (Å²) in [5, 5.41) is 0.485. The molecular weight excluding hydrogens is 282 g/mol. The van der Waals surface area contributed by atoms with Crippen LogP contribution in [0.5, 0.6) is 0 Å². The number of aryl methyl sites for hydroxylation is 1. The van der Waals surface area contributed by atoms with Crippen LogP contribution in [0.1, 0.15) is 5.82 Å². The summed E-state index contributed by atoms with van der Waals surface area (Å²) in [6.07, 6.45) is 0. The fourth-order valence-corrected chi connectivity index (χ4v) is 2.08. The third kappa shape index (κ3) is 2.06. The molecule has 2 rings (SSSR count). The van der Waals surface area contributed by atoms with Crippen molar-refractivity contribution in [2.75, 3.05) is 0 Å². The summed E-state index contributed by atoms with van der Waals surface area (Å²) in [6.45, 7) is 1.80. The Morgan fingerprint density at radius 3 is 2.80 bits per heavy atom. The maximum atomic E-state index is 13.5. The van der Waals surface area contributed by atoms with Gasteiger partial charge in [0, 0.05) is 10.6 Å². The van der Waals surface area contributed by atoms with Gasteiger partial charge < -0.3 is 4.98 Å². The van der Waals surface area contributed by atoms with Crippen LogP contribution in [0, 0.1) is 12.7 Å². The Labute approximate surface area is 99.6 Å². The number of imidazole rings is 1. The summed E-state index contributed by atoms with van der Waals surface area (Å²) in [6, 6.07) is 4.39. The molecule has 2 nitrogen and oxygen atoms in total. The highest BCUT2D eigenvalue weighted by Crippen LogP contribution is 2.29. The molecule has 78 valence electrons. The van der Waals surface area contributed by atoms with E-state index in [1.807, 2.05) is 0 Å². The Morgan fingerprint density at radius 2 is 2.20 bits per heavy atom. The molecule has 0 aliphatic carbocycles. The van der Waals surface area contributed by atoms with Gasteiger partial charge in [-0.1, -0.05) is 11.6 Å². The zero-order valence-electron chi connectivity index (χ0n) is 7.81. The molecule has 0 atom stereocenters. The van der Waals surface area contributed by atoms with Crippen LogP contribution in [0.3, 0.4) is 0 Å². The maximum Gasteiger partial charge on any atom is 0.132 e. The molecule has 0 fully saturated rings. The topological polar surface area (TPSA) is 28.7 Å². The van der Waals surface area contributed by atoms with E-state index in [4.69, 9.17) is 11.6 Å². The Bertz CT molecular complexity index is 510. The monoisotopic (exact) mass is 288 g/mol. The van der Waals surface area contributed by atoms with Crippen LogP contribution in [0.15, 0.2) is 22.8 Å². The largest absolute Gasteiger partial charge is 0.336 e. The van der Waals surface area contributed by atoms with Gasteiger partial charge in [-0.25, -0.2) is 9.37 Å². The van der Waals surface area contributed by atoms with Crippen molar-refractivity contribution >= 4 is 27.5 Å². The Morgan fingerprint density at radius 1 is 1.47 bits per heavy atom. The second-order valence-corrected chi connectivity index (χ2v) is 4.34. The molecule has 0 bridgehead atoms. The van der Waals surface area contributed by atoms with E-state index in [-0.39, 0.29) is 5.82 Å². The standard InChI is InChI=1S/C10H7BrClFN2/c1-5-14-9(10(11)15-5)7-4-6(12)2-3-8(7)13/h2-4H,1H3,(H,14,15). The molecule has 0 aliphatic rings. The SMILES string of the molecule is Cc1nc(-c2cc(Cl)ccc2F)c(Br)[nH]1. The first-order chi connectivity index (χ1) is 7.08. The average Bonchev–Trinajstić information content (AvgIpc) is 2.50. The maximum absolute atomic E-state index is 13.5. The minimum Gasteiger partial charge on any atom is -0.336 e. The number of hydrogen-bond donors (Lipinski definition) is 1. The zero-order chi connectivity index (χ0) is 11.0. The van der Waals surface area contributed by atoms with E-state index < -0.39 is 0 Å². The van der Waals surface area contributed by atoms with Crippen molar-refractivity contribution in [1.82, 2.24) is 9.97 Å². The number of nitrogens with zero attached hydrogens (tertiary/aromatic N) is 1. The first kappa shape index (κ1) is 10.6. The number of nitrogens with one attached hydrogen (secondary N) is 1. The number of aromatic nitrogens is 2. The first-order valence-electron chi connectivity index (χ1n) is 4.25. The highest BCUT2D eigenvalue weighted by molar-refractivity contribution is 9.10. The summed E-state index contributed by atoms with van der Waals surface area (Å²) in [4.78, 5) is 7.13. The van der Waals surface area contributed by atoms with Gasteiger partial charge in [-0.2, -0.15) is 0 Å². The van der Waals surface area contributed by atoms with E-state index >= 15 is 0 Å². The van der Waals surface area contributed by atoms with E-state index in [0.717, 1.165) is 5.82 Å². The number of hydrogen-bond acceptors (Lipinski definition) is 1. The van der Waals surface area contributed by atoms with Crippen LogP contribution >= 0.6 is 27.5 Å². The van der Waals surface area contributed by atoms with E-state index in [9.17, 15) is 4.39 Å². The van der Waals surface area contributed by atoms with Gasteiger partial charge >= 0.3 is 0 Å². The number of benzene rings is 1. The van der Waals surface area contributed by atoms with Gasteiger partial charge in [0.15, 0.2) is 0 Å². The minimum atomic E-state index is -0.341. The van der Waals surface area contributed by atoms with Crippen molar-refractivity contribution in [3.05, 3.63) is 39.5 Å². The van der Waals surface area contributed by atoms with E-state index in [2.05, 4.69) is 25.9 Å². The normalized spacial score (nSPS) is 10.7. The molecule has 1 aromatic carbocycles. The summed E-state index contributed by atoms with van der Waals surface area (Å²) in [7, 11) is 0. The van der Waals surface area contributed by atoms with Gasteiger partial charge in [-0.3, -0.25) is 0 Å². The fourth-order valence-electron chi connectivity index (χ4n) is 1.32. The molecule has 0 aliphatic heterocycles. The second-order valence-electron chi connectivity index (χ2n) is 3.11. The Kier molecular flexibility index (Phi) is 2.80. The molecule has 15 heavy (non-hydrogen) atoms. The van der Waals surface area contributed by atoms with Crippen LogP contribution in [0.2, 0.25) is 5.02 Å². The predicted molar refractivity (Wildman–Crippen MR) is 61.4 cm³/mol.